The molecule has 26 heavy (non-hydrogen) atoms. The van der Waals surface area contributed by atoms with Crippen LogP contribution in [0.25, 0.3) is 0 Å². The highest BCUT2D eigenvalue weighted by molar-refractivity contribution is 8.00. The van der Waals surface area contributed by atoms with Crippen LogP contribution in [-0.4, -0.2) is 21.1 Å². The number of halogens is 3. The molecule has 2 N–H and O–H groups in total. The number of hydrogen-bond donors (Lipinski definition) is 2. The predicted octanol–water partition coefficient (Wildman–Crippen LogP) is 4.30. The third-order valence-electron chi connectivity index (χ3n) is 3.33. The van der Waals surface area contributed by atoms with Crippen molar-refractivity contribution >= 4 is 23.6 Å². The van der Waals surface area contributed by atoms with Crippen molar-refractivity contribution in [3.8, 4) is 0 Å². The van der Waals surface area contributed by atoms with Crippen LogP contribution in [0.1, 0.15) is 16.6 Å². The summed E-state index contributed by atoms with van der Waals surface area (Å²) in [6.45, 7) is 0. The summed E-state index contributed by atoms with van der Waals surface area (Å²) >= 11 is 1.28. The van der Waals surface area contributed by atoms with Gasteiger partial charge in [0.2, 0.25) is 17.7 Å². The standard InChI is InChI=1S/C17H13F3N4OS/c18-17(19,20)15-22-16(24-23-15)21-14(25)13(11-7-3-1-4-8-11)26-12-9-5-2-6-10-12/h1-10,13H,(H2,21,22,23,24,25). The minimum Gasteiger partial charge on any atom is -0.292 e. The fourth-order valence-corrected chi connectivity index (χ4v) is 3.20. The van der Waals surface area contributed by atoms with Crippen LogP contribution >= 0.6 is 11.8 Å². The summed E-state index contributed by atoms with van der Waals surface area (Å²) in [4.78, 5) is 16.8. The summed E-state index contributed by atoms with van der Waals surface area (Å²) in [5.41, 5.74) is 0.713. The van der Waals surface area contributed by atoms with Crippen LogP contribution in [0.2, 0.25) is 0 Å². The molecule has 0 aliphatic carbocycles. The quantitative estimate of drug-likeness (QED) is 0.650. The summed E-state index contributed by atoms with van der Waals surface area (Å²) in [7, 11) is 0. The Morgan fingerprint density at radius 1 is 1.04 bits per heavy atom. The number of rotatable bonds is 5. The number of amides is 1. The first-order valence-corrected chi connectivity index (χ1v) is 8.38. The number of carbonyl (C=O) groups is 1. The van der Waals surface area contributed by atoms with Crippen LogP contribution in [0, 0.1) is 0 Å². The molecular formula is C17H13F3N4OS. The molecule has 3 rings (SSSR count). The molecule has 0 spiro atoms. The molecule has 0 aliphatic rings. The van der Waals surface area contributed by atoms with E-state index in [1.807, 2.05) is 36.4 Å². The molecule has 5 nitrogen and oxygen atoms in total. The van der Waals surface area contributed by atoms with Gasteiger partial charge in [0.25, 0.3) is 0 Å². The van der Waals surface area contributed by atoms with Gasteiger partial charge in [-0.25, -0.2) is 0 Å². The second kappa shape index (κ2) is 7.61. The van der Waals surface area contributed by atoms with E-state index in [1.165, 1.54) is 11.8 Å². The fourth-order valence-electron chi connectivity index (χ4n) is 2.16. The molecule has 1 amide bonds. The zero-order valence-corrected chi connectivity index (χ0v) is 14.0. The fraction of sp³-hybridized carbons (Fsp3) is 0.118. The van der Waals surface area contributed by atoms with Gasteiger partial charge in [-0.1, -0.05) is 48.5 Å². The maximum absolute atomic E-state index is 12.7. The molecule has 9 heteroatoms. The second-order valence-electron chi connectivity index (χ2n) is 5.22. The van der Waals surface area contributed by atoms with E-state index in [-0.39, 0.29) is 0 Å². The number of nitrogens with one attached hydrogen (secondary N) is 2. The van der Waals surface area contributed by atoms with E-state index < -0.39 is 29.1 Å². The van der Waals surface area contributed by atoms with E-state index in [2.05, 4.69) is 15.4 Å². The molecule has 1 atom stereocenters. The Bertz CT molecular complexity index is 868. The first kappa shape index (κ1) is 18.0. The molecular weight excluding hydrogens is 365 g/mol. The molecule has 0 saturated heterocycles. The first-order chi connectivity index (χ1) is 12.4. The summed E-state index contributed by atoms with van der Waals surface area (Å²) in [5.74, 6) is -2.20. The highest BCUT2D eigenvalue weighted by atomic mass is 32.2. The Labute approximate surface area is 151 Å². The van der Waals surface area contributed by atoms with Crippen LogP contribution in [-0.2, 0) is 11.0 Å². The van der Waals surface area contributed by atoms with Crippen molar-refractivity contribution < 1.29 is 18.0 Å². The van der Waals surface area contributed by atoms with Crippen molar-refractivity contribution in [1.82, 2.24) is 15.2 Å². The molecule has 0 aliphatic heterocycles. The van der Waals surface area contributed by atoms with Gasteiger partial charge in [-0.2, -0.15) is 18.2 Å². The van der Waals surface area contributed by atoms with Crippen molar-refractivity contribution in [2.45, 2.75) is 16.3 Å². The minimum atomic E-state index is -4.66. The van der Waals surface area contributed by atoms with Gasteiger partial charge in [-0.05, 0) is 17.7 Å². The molecule has 134 valence electrons. The van der Waals surface area contributed by atoms with Crippen LogP contribution in [0.15, 0.2) is 65.6 Å². The number of aromatic amines is 1. The van der Waals surface area contributed by atoms with Crippen LogP contribution in [0.4, 0.5) is 19.1 Å². The van der Waals surface area contributed by atoms with Crippen LogP contribution < -0.4 is 5.32 Å². The van der Waals surface area contributed by atoms with E-state index in [4.69, 9.17) is 0 Å². The van der Waals surface area contributed by atoms with Crippen molar-refractivity contribution in [3.05, 3.63) is 72.1 Å². The van der Waals surface area contributed by atoms with Crippen LogP contribution in [0.5, 0.6) is 0 Å². The number of thioether (sulfide) groups is 1. The van der Waals surface area contributed by atoms with Gasteiger partial charge >= 0.3 is 6.18 Å². The van der Waals surface area contributed by atoms with Gasteiger partial charge in [0, 0.05) is 4.90 Å². The number of carbonyl (C=O) groups excluding carboxylic acids is 1. The molecule has 1 heterocycles. The second-order valence-corrected chi connectivity index (χ2v) is 6.39. The van der Waals surface area contributed by atoms with Gasteiger partial charge in [0.15, 0.2) is 0 Å². The Balaban J connectivity index is 1.82. The lowest BCUT2D eigenvalue weighted by Gasteiger charge is -2.15. The topological polar surface area (TPSA) is 70.7 Å². The van der Waals surface area contributed by atoms with Gasteiger partial charge in [0.05, 0.1) is 0 Å². The summed E-state index contributed by atoms with van der Waals surface area (Å²) < 4.78 is 37.8. The number of alkyl halides is 3. The highest BCUT2D eigenvalue weighted by Crippen LogP contribution is 2.36. The van der Waals surface area contributed by atoms with Gasteiger partial charge < -0.3 is 0 Å². The van der Waals surface area contributed by atoms with E-state index in [9.17, 15) is 18.0 Å². The van der Waals surface area contributed by atoms with E-state index in [0.29, 0.717) is 5.56 Å². The summed E-state index contributed by atoms with van der Waals surface area (Å²) in [6.07, 6.45) is -4.66. The molecule has 1 unspecified atom stereocenters. The molecule has 3 aromatic rings. The monoisotopic (exact) mass is 378 g/mol. The number of aromatic nitrogens is 3. The number of benzene rings is 2. The summed E-state index contributed by atoms with van der Waals surface area (Å²) in [5, 5.41) is 6.85. The van der Waals surface area contributed by atoms with Gasteiger partial charge in [-0.3, -0.25) is 15.2 Å². The van der Waals surface area contributed by atoms with Crippen molar-refractivity contribution in [3.63, 3.8) is 0 Å². The molecule has 0 saturated carbocycles. The minimum absolute atomic E-state index is 0.420. The average molecular weight is 378 g/mol. The summed E-state index contributed by atoms with van der Waals surface area (Å²) in [6, 6.07) is 18.2. The highest BCUT2D eigenvalue weighted by Gasteiger charge is 2.35. The predicted molar refractivity (Wildman–Crippen MR) is 91.5 cm³/mol. The maximum Gasteiger partial charge on any atom is 0.451 e. The van der Waals surface area contributed by atoms with Crippen molar-refractivity contribution in [2.75, 3.05) is 5.32 Å². The van der Waals surface area contributed by atoms with E-state index in [1.54, 1.807) is 29.4 Å². The Morgan fingerprint density at radius 3 is 2.23 bits per heavy atom. The van der Waals surface area contributed by atoms with E-state index in [0.717, 1.165) is 4.90 Å². The molecule has 0 bridgehead atoms. The molecule has 2 aromatic carbocycles. The lowest BCUT2D eigenvalue weighted by Crippen LogP contribution is -2.20. The Hall–Kier alpha value is -2.81. The van der Waals surface area contributed by atoms with Crippen molar-refractivity contribution in [1.29, 1.82) is 0 Å². The average Bonchev–Trinajstić information content (AvgIpc) is 3.10. The third kappa shape index (κ3) is 4.42. The van der Waals surface area contributed by atoms with E-state index >= 15 is 0 Å². The Kier molecular flexibility index (Phi) is 5.27. The zero-order valence-electron chi connectivity index (χ0n) is 13.2. The largest absolute Gasteiger partial charge is 0.451 e. The number of H-pyrrole nitrogens is 1. The molecule has 0 fully saturated rings. The molecule has 0 radical (unpaired) electrons. The SMILES string of the molecule is O=C(Nc1n[nH]c(C(F)(F)F)n1)C(Sc1ccccc1)c1ccccc1. The first-order valence-electron chi connectivity index (χ1n) is 7.50. The van der Waals surface area contributed by atoms with Gasteiger partial charge in [0.1, 0.15) is 5.25 Å². The zero-order chi connectivity index (χ0) is 18.6. The normalized spacial score (nSPS) is 12.6. The number of nitrogens with zero attached hydrogens (tertiary/aromatic N) is 2. The third-order valence-corrected chi connectivity index (χ3v) is 4.59. The maximum atomic E-state index is 12.7. The lowest BCUT2D eigenvalue weighted by atomic mass is 10.1. The van der Waals surface area contributed by atoms with Crippen molar-refractivity contribution in [2.24, 2.45) is 0 Å². The number of hydrogen-bond acceptors (Lipinski definition) is 4. The smallest absolute Gasteiger partial charge is 0.292 e. The molecule has 1 aromatic heterocycles. The van der Waals surface area contributed by atoms with Gasteiger partial charge in [-0.15, -0.1) is 16.9 Å². The number of anilines is 1. The Morgan fingerprint density at radius 2 is 1.65 bits per heavy atom. The van der Waals surface area contributed by atoms with Crippen LogP contribution in [0.3, 0.4) is 0 Å². The lowest BCUT2D eigenvalue weighted by molar-refractivity contribution is -0.144.